The molecule has 6 heteroatoms. The van der Waals surface area contributed by atoms with Crippen LogP contribution in [0, 0.1) is 22.7 Å². The molecule has 1 atom stereocenters. The third-order valence-electron chi connectivity index (χ3n) is 5.25. The topological polar surface area (TPSA) is 74.6 Å². The van der Waals surface area contributed by atoms with E-state index in [0.717, 1.165) is 27.9 Å². The molecule has 1 aromatic heterocycles. The quantitative estimate of drug-likeness (QED) is 0.382. The minimum absolute atomic E-state index is 0.309. The predicted molar refractivity (Wildman–Crippen MR) is 123 cm³/mol. The fourth-order valence-corrected chi connectivity index (χ4v) is 3.76. The Bertz CT molecular complexity index is 1330. The van der Waals surface area contributed by atoms with Crippen molar-refractivity contribution < 1.29 is 4.74 Å². The number of hydrogen-bond donors (Lipinski definition) is 0. The number of aryl methyl sites for hydroxylation is 1. The van der Waals surface area contributed by atoms with E-state index in [-0.39, 0.29) is 6.10 Å². The highest BCUT2D eigenvalue weighted by Gasteiger charge is 2.19. The first kappa shape index (κ1) is 21.3. The minimum Gasteiger partial charge on any atom is -0.362 e. The fraction of sp³-hybridized carbons (Fsp3) is 0.115. The molecule has 32 heavy (non-hydrogen) atoms. The van der Waals surface area contributed by atoms with Crippen molar-refractivity contribution in [2.45, 2.75) is 12.7 Å². The molecule has 156 valence electrons. The van der Waals surface area contributed by atoms with Crippen LogP contribution in [0.5, 0.6) is 0 Å². The molecule has 0 saturated heterocycles. The monoisotopic (exact) mass is 438 g/mol. The summed E-state index contributed by atoms with van der Waals surface area (Å²) in [4.78, 5) is 4.23. The maximum Gasteiger partial charge on any atom is 0.124 e. The first-order valence-corrected chi connectivity index (χ1v) is 10.3. The zero-order valence-corrected chi connectivity index (χ0v) is 18.1. The largest absolute Gasteiger partial charge is 0.362 e. The van der Waals surface area contributed by atoms with Crippen molar-refractivity contribution in [2.24, 2.45) is 7.05 Å². The van der Waals surface area contributed by atoms with Crippen LogP contribution in [0.4, 0.5) is 0 Å². The van der Waals surface area contributed by atoms with Crippen molar-refractivity contribution in [3.63, 3.8) is 0 Å². The van der Waals surface area contributed by atoms with E-state index in [0.29, 0.717) is 22.8 Å². The number of ether oxygens (including phenoxy) is 1. The molecular formula is C26H19ClN4O. The van der Waals surface area contributed by atoms with Crippen molar-refractivity contribution in [3.05, 3.63) is 112 Å². The third-order valence-corrected chi connectivity index (χ3v) is 5.48. The average molecular weight is 439 g/mol. The van der Waals surface area contributed by atoms with Crippen LogP contribution in [0.25, 0.3) is 11.1 Å². The lowest BCUT2D eigenvalue weighted by atomic mass is 9.97. The van der Waals surface area contributed by atoms with Gasteiger partial charge in [0.2, 0.25) is 0 Å². The normalized spacial score (nSPS) is 11.5. The number of aromatic nitrogens is 2. The predicted octanol–water partition coefficient (Wildman–Crippen LogP) is 5.79. The lowest BCUT2D eigenvalue weighted by Crippen LogP contribution is -2.11. The van der Waals surface area contributed by atoms with Crippen molar-refractivity contribution in [1.29, 1.82) is 10.5 Å². The molecule has 0 N–H and O–H groups in total. The van der Waals surface area contributed by atoms with Crippen LogP contribution < -0.4 is 0 Å². The van der Waals surface area contributed by atoms with Gasteiger partial charge in [0.1, 0.15) is 6.10 Å². The van der Waals surface area contributed by atoms with Gasteiger partial charge in [-0.2, -0.15) is 10.5 Å². The van der Waals surface area contributed by atoms with Gasteiger partial charge in [0, 0.05) is 12.1 Å². The Hall–Kier alpha value is -3.90. The van der Waals surface area contributed by atoms with E-state index >= 15 is 0 Å². The second-order valence-electron chi connectivity index (χ2n) is 7.35. The Morgan fingerprint density at radius 1 is 1.00 bits per heavy atom. The van der Waals surface area contributed by atoms with Crippen molar-refractivity contribution >= 4 is 11.6 Å². The maximum atomic E-state index is 9.38. The van der Waals surface area contributed by atoms with Gasteiger partial charge in [0.15, 0.2) is 0 Å². The van der Waals surface area contributed by atoms with E-state index in [1.165, 1.54) is 0 Å². The molecule has 0 bridgehead atoms. The molecule has 0 aliphatic heterocycles. The second kappa shape index (κ2) is 9.49. The number of hydrogen-bond acceptors (Lipinski definition) is 4. The summed E-state index contributed by atoms with van der Waals surface area (Å²) in [6.07, 6.45) is 3.13. The molecule has 0 radical (unpaired) electrons. The smallest absolute Gasteiger partial charge is 0.124 e. The molecule has 0 spiro atoms. The van der Waals surface area contributed by atoms with E-state index in [2.05, 4.69) is 17.1 Å². The van der Waals surface area contributed by atoms with E-state index in [4.69, 9.17) is 21.6 Å². The molecule has 3 aromatic carbocycles. The lowest BCUT2D eigenvalue weighted by molar-refractivity contribution is 0.0624. The molecule has 0 fully saturated rings. The van der Waals surface area contributed by atoms with Crippen molar-refractivity contribution in [1.82, 2.24) is 9.55 Å². The summed E-state index contributed by atoms with van der Waals surface area (Å²) in [5, 5.41) is 19.1. The molecule has 0 saturated carbocycles. The Kier molecular flexibility index (Phi) is 6.33. The Morgan fingerprint density at radius 2 is 1.75 bits per heavy atom. The van der Waals surface area contributed by atoms with Gasteiger partial charge in [-0.15, -0.1) is 0 Å². The number of nitrogens with zero attached hydrogens (tertiary/aromatic N) is 4. The van der Waals surface area contributed by atoms with Crippen LogP contribution in [0.2, 0.25) is 5.02 Å². The van der Waals surface area contributed by atoms with Gasteiger partial charge in [0.25, 0.3) is 0 Å². The summed E-state index contributed by atoms with van der Waals surface area (Å²) in [5.41, 5.74) is 5.73. The summed E-state index contributed by atoms with van der Waals surface area (Å²) in [6.45, 7) is 0.309. The van der Waals surface area contributed by atoms with Crippen LogP contribution in [0.1, 0.15) is 34.1 Å². The van der Waals surface area contributed by atoms with Crippen LogP contribution in [-0.4, -0.2) is 9.55 Å². The van der Waals surface area contributed by atoms with Crippen LogP contribution >= 0.6 is 11.6 Å². The van der Waals surface area contributed by atoms with Gasteiger partial charge < -0.3 is 9.30 Å². The lowest BCUT2D eigenvalue weighted by Gasteiger charge is -2.20. The molecule has 5 nitrogen and oxygen atoms in total. The molecular weight excluding hydrogens is 420 g/mol. The highest BCUT2D eigenvalue weighted by Crippen LogP contribution is 2.31. The number of halogens is 1. The van der Waals surface area contributed by atoms with Gasteiger partial charge in [0.05, 0.1) is 48.1 Å². The number of nitriles is 2. The van der Waals surface area contributed by atoms with E-state index < -0.39 is 0 Å². The zero-order valence-electron chi connectivity index (χ0n) is 17.4. The Labute approximate surface area is 191 Å². The minimum atomic E-state index is -0.377. The van der Waals surface area contributed by atoms with Gasteiger partial charge in [-0.3, -0.25) is 0 Å². The fourth-order valence-electron chi connectivity index (χ4n) is 3.57. The summed E-state index contributed by atoms with van der Waals surface area (Å²) in [6, 6.07) is 24.8. The van der Waals surface area contributed by atoms with E-state index in [1.807, 2.05) is 60.1 Å². The van der Waals surface area contributed by atoms with Crippen molar-refractivity contribution in [3.8, 4) is 23.3 Å². The third kappa shape index (κ3) is 4.55. The highest BCUT2D eigenvalue weighted by atomic mass is 35.5. The molecule has 1 unspecified atom stereocenters. The van der Waals surface area contributed by atoms with E-state index in [9.17, 15) is 5.26 Å². The van der Waals surface area contributed by atoms with Gasteiger partial charge in [-0.1, -0.05) is 41.9 Å². The highest BCUT2D eigenvalue weighted by molar-refractivity contribution is 6.30. The first-order valence-electron chi connectivity index (χ1n) is 9.96. The molecule has 4 aromatic rings. The second-order valence-corrected chi connectivity index (χ2v) is 7.78. The number of imidazole rings is 1. The summed E-state index contributed by atoms with van der Waals surface area (Å²) >= 11 is 6.21. The molecule has 1 heterocycles. The Morgan fingerprint density at radius 3 is 2.41 bits per heavy atom. The molecule has 4 rings (SSSR count). The number of benzene rings is 3. The zero-order chi connectivity index (χ0) is 22.5. The van der Waals surface area contributed by atoms with Gasteiger partial charge >= 0.3 is 0 Å². The average Bonchev–Trinajstić information content (AvgIpc) is 3.25. The number of rotatable bonds is 6. The standard InChI is InChI=1S/C26H19ClN4O/c1-31-17-30-15-25(31)26(20-8-5-18(13-28)6-9-20)32-16-22-10-7-19(14-29)11-24(22)21-3-2-4-23(27)12-21/h2-12,15,17,26H,16H2,1H3. The summed E-state index contributed by atoms with van der Waals surface area (Å²) < 4.78 is 8.34. The van der Waals surface area contributed by atoms with E-state index in [1.54, 1.807) is 30.7 Å². The Balaban J connectivity index is 1.70. The molecule has 0 aliphatic carbocycles. The first-order chi connectivity index (χ1) is 15.6. The molecule has 0 aliphatic rings. The summed E-state index contributed by atoms with van der Waals surface area (Å²) in [5.74, 6) is 0. The van der Waals surface area contributed by atoms with Gasteiger partial charge in [-0.25, -0.2) is 4.98 Å². The van der Waals surface area contributed by atoms with Crippen molar-refractivity contribution in [2.75, 3.05) is 0 Å². The maximum absolute atomic E-state index is 9.38. The van der Waals surface area contributed by atoms with Gasteiger partial charge in [-0.05, 0) is 58.7 Å². The SMILES string of the molecule is Cn1cncc1C(OCc1ccc(C#N)cc1-c1cccc(Cl)c1)c1ccc(C#N)cc1. The summed E-state index contributed by atoms with van der Waals surface area (Å²) in [7, 11) is 1.92. The molecule has 0 amide bonds. The van der Waals surface area contributed by atoms with Crippen LogP contribution in [0.3, 0.4) is 0 Å². The van der Waals surface area contributed by atoms with Crippen LogP contribution in [0.15, 0.2) is 79.3 Å². The van der Waals surface area contributed by atoms with Crippen LogP contribution in [-0.2, 0) is 18.4 Å².